The van der Waals surface area contributed by atoms with Gasteiger partial charge in [-0.15, -0.1) is 0 Å². The second-order valence-electron chi connectivity index (χ2n) is 8.75. The molecule has 0 unspecified atom stereocenters. The maximum atomic E-state index is 13.8. The Balaban J connectivity index is 1.57. The molecule has 1 aromatic rings. The summed E-state index contributed by atoms with van der Waals surface area (Å²) in [6.45, 7) is -1.13. The van der Waals surface area contributed by atoms with Crippen LogP contribution in [0.3, 0.4) is 0 Å². The topological polar surface area (TPSA) is 102 Å². The number of anilines is 1. The summed E-state index contributed by atoms with van der Waals surface area (Å²) in [5.74, 6) is -3.60. The van der Waals surface area contributed by atoms with Crippen LogP contribution in [0, 0.1) is 11.3 Å². The molecule has 1 aromatic carbocycles. The molecule has 3 aliphatic rings. The summed E-state index contributed by atoms with van der Waals surface area (Å²) < 4.78 is 94.5. The van der Waals surface area contributed by atoms with E-state index in [1.165, 1.54) is 0 Å². The molecule has 2 aliphatic heterocycles. The van der Waals surface area contributed by atoms with Gasteiger partial charge in [-0.25, -0.2) is 17.2 Å². The zero-order valence-electron chi connectivity index (χ0n) is 17.3. The maximum Gasteiger partial charge on any atom is 0.417 e. The number of amides is 1. The molecule has 2 heterocycles. The Labute approximate surface area is 186 Å². The monoisotopic (exact) mass is 492 g/mol. The fourth-order valence-corrected chi connectivity index (χ4v) is 6.03. The quantitative estimate of drug-likeness (QED) is 0.612. The SMILES string of the molecule is N#CC1(NC(=O)[C@@H]2C[C@@H](S(=O)(=O)c3ccc(N4CCC(F)(F)C4)cc3C(F)(F)F)CN2)CC1. The van der Waals surface area contributed by atoms with Crippen LogP contribution in [0.15, 0.2) is 23.1 Å². The van der Waals surface area contributed by atoms with Gasteiger partial charge in [-0.05, 0) is 37.5 Å². The van der Waals surface area contributed by atoms with Crippen LogP contribution in [0.5, 0.6) is 0 Å². The Morgan fingerprint density at radius 2 is 1.94 bits per heavy atom. The number of hydrogen-bond acceptors (Lipinski definition) is 6. The Bertz CT molecular complexity index is 1110. The normalized spacial score (nSPS) is 26.1. The number of nitrogens with one attached hydrogen (secondary N) is 2. The van der Waals surface area contributed by atoms with Crippen LogP contribution in [-0.4, -0.2) is 56.7 Å². The molecular formula is C20H21F5N4O3S. The summed E-state index contributed by atoms with van der Waals surface area (Å²) in [7, 11) is -4.51. The molecule has 2 atom stereocenters. The summed E-state index contributed by atoms with van der Waals surface area (Å²) in [6, 6.07) is 3.50. The van der Waals surface area contributed by atoms with E-state index >= 15 is 0 Å². The highest BCUT2D eigenvalue weighted by Crippen LogP contribution is 2.40. The van der Waals surface area contributed by atoms with Crippen LogP contribution in [0.25, 0.3) is 0 Å². The van der Waals surface area contributed by atoms with Gasteiger partial charge < -0.3 is 15.5 Å². The fourth-order valence-electron chi connectivity index (χ4n) is 4.17. The van der Waals surface area contributed by atoms with E-state index in [0.717, 1.165) is 17.0 Å². The van der Waals surface area contributed by atoms with Gasteiger partial charge in [0.05, 0.1) is 34.4 Å². The summed E-state index contributed by atoms with van der Waals surface area (Å²) in [4.78, 5) is 12.5. The summed E-state index contributed by atoms with van der Waals surface area (Å²) in [5.41, 5.74) is -2.52. The van der Waals surface area contributed by atoms with Crippen LogP contribution < -0.4 is 15.5 Å². The lowest BCUT2D eigenvalue weighted by Crippen LogP contribution is -2.45. The van der Waals surface area contributed by atoms with Gasteiger partial charge in [0.15, 0.2) is 9.84 Å². The maximum absolute atomic E-state index is 13.8. The van der Waals surface area contributed by atoms with Crippen molar-refractivity contribution in [1.82, 2.24) is 10.6 Å². The molecule has 7 nitrogen and oxygen atoms in total. The van der Waals surface area contributed by atoms with E-state index in [1.807, 2.05) is 6.07 Å². The second-order valence-corrected chi connectivity index (χ2v) is 10.9. The molecule has 0 spiro atoms. The number of hydrogen-bond donors (Lipinski definition) is 2. The van der Waals surface area contributed by atoms with Crippen molar-refractivity contribution in [2.45, 2.75) is 59.5 Å². The molecule has 1 amide bonds. The van der Waals surface area contributed by atoms with E-state index in [0.29, 0.717) is 18.9 Å². The van der Waals surface area contributed by atoms with Crippen LogP contribution in [0.1, 0.15) is 31.2 Å². The van der Waals surface area contributed by atoms with Crippen molar-refractivity contribution < 1.29 is 35.2 Å². The Hall–Kier alpha value is -2.46. The number of carbonyl (C=O) groups excluding carboxylic acids is 1. The summed E-state index contributed by atoms with van der Waals surface area (Å²) >= 11 is 0. The molecule has 0 radical (unpaired) electrons. The minimum Gasteiger partial charge on any atom is -0.365 e. The minimum atomic E-state index is -5.03. The first-order chi connectivity index (χ1) is 15.3. The van der Waals surface area contributed by atoms with E-state index in [9.17, 15) is 35.2 Å². The smallest absolute Gasteiger partial charge is 0.365 e. The molecule has 3 fully saturated rings. The molecular weight excluding hydrogens is 471 g/mol. The van der Waals surface area contributed by atoms with Gasteiger partial charge in [0.1, 0.15) is 5.54 Å². The number of sulfone groups is 1. The van der Waals surface area contributed by atoms with Crippen molar-refractivity contribution in [2.24, 2.45) is 0 Å². The van der Waals surface area contributed by atoms with Gasteiger partial charge in [0, 0.05) is 25.2 Å². The van der Waals surface area contributed by atoms with E-state index in [-0.39, 0.29) is 25.2 Å². The lowest BCUT2D eigenvalue weighted by molar-refractivity contribution is -0.139. The molecule has 180 valence electrons. The number of halogens is 5. The number of carbonyl (C=O) groups is 1. The summed E-state index contributed by atoms with van der Waals surface area (Å²) in [6.07, 6.45) is -4.83. The molecule has 33 heavy (non-hydrogen) atoms. The fraction of sp³-hybridized carbons (Fsp3) is 0.600. The van der Waals surface area contributed by atoms with Crippen molar-refractivity contribution in [3.8, 4) is 6.07 Å². The van der Waals surface area contributed by atoms with Gasteiger partial charge in [-0.3, -0.25) is 4.79 Å². The molecule has 1 saturated carbocycles. The third kappa shape index (κ3) is 4.63. The zero-order valence-corrected chi connectivity index (χ0v) is 18.1. The Kier molecular flexibility index (Phi) is 5.60. The van der Waals surface area contributed by atoms with Crippen LogP contribution >= 0.6 is 0 Å². The van der Waals surface area contributed by atoms with Crippen molar-refractivity contribution in [1.29, 1.82) is 5.26 Å². The highest BCUT2D eigenvalue weighted by Gasteiger charge is 2.48. The zero-order chi connectivity index (χ0) is 24.2. The van der Waals surface area contributed by atoms with E-state index in [2.05, 4.69) is 10.6 Å². The van der Waals surface area contributed by atoms with Gasteiger partial charge in [0.25, 0.3) is 5.92 Å². The highest BCUT2D eigenvalue weighted by atomic mass is 32.2. The van der Waals surface area contributed by atoms with E-state index in [4.69, 9.17) is 5.26 Å². The van der Waals surface area contributed by atoms with Crippen molar-refractivity contribution in [3.63, 3.8) is 0 Å². The van der Waals surface area contributed by atoms with E-state index < -0.39 is 68.1 Å². The van der Waals surface area contributed by atoms with Gasteiger partial charge >= 0.3 is 6.18 Å². The van der Waals surface area contributed by atoms with Crippen molar-refractivity contribution >= 4 is 21.4 Å². The van der Waals surface area contributed by atoms with Gasteiger partial charge in [0.2, 0.25) is 5.91 Å². The second kappa shape index (κ2) is 7.80. The van der Waals surface area contributed by atoms with Crippen LogP contribution in [0.4, 0.5) is 27.6 Å². The standard InChI is InChI=1S/C20H21F5N4O3S/c21-19(22)5-6-29(11-19)12-1-2-16(14(7-12)20(23,24)25)33(31,32)13-8-15(27-9-13)17(30)28-18(10-26)3-4-18/h1-2,7,13,15,27H,3-6,8-9,11H2,(H,28,30)/t13-,15+/m1/s1. The number of benzene rings is 1. The molecule has 0 aromatic heterocycles. The molecule has 4 rings (SSSR count). The highest BCUT2D eigenvalue weighted by molar-refractivity contribution is 7.92. The summed E-state index contributed by atoms with van der Waals surface area (Å²) in [5, 5.41) is 13.0. The van der Waals surface area contributed by atoms with Crippen molar-refractivity contribution in [3.05, 3.63) is 23.8 Å². The molecule has 13 heteroatoms. The molecule has 2 N–H and O–H groups in total. The Morgan fingerprint density at radius 3 is 2.48 bits per heavy atom. The van der Waals surface area contributed by atoms with Crippen LogP contribution in [0.2, 0.25) is 0 Å². The Morgan fingerprint density at radius 1 is 1.24 bits per heavy atom. The molecule has 0 bridgehead atoms. The first-order valence-electron chi connectivity index (χ1n) is 10.3. The lowest BCUT2D eigenvalue weighted by atomic mass is 10.2. The van der Waals surface area contributed by atoms with Gasteiger partial charge in [-0.2, -0.15) is 18.4 Å². The predicted molar refractivity (Wildman–Crippen MR) is 106 cm³/mol. The average molecular weight is 492 g/mol. The first-order valence-corrected chi connectivity index (χ1v) is 11.9. The number of nitriles is 1. The third-order valence-electron chi connectivity index (χ3n) is 6.28. The first kappa shape index (κ1) is 23.7. The number of nitrogens with zero attached hydrogens (tertiary/aromatic N) is 2. The van der Waals surface area contributed by atoms with Crippen molar-refractivity contribution in [2.75, 3.05) is 24.5 Å². The lowest BCUT2D eigenvalue weighted by Gasteiger charge is -2.22. The minimum absolute atomic E-state index is 0.133. The van der Waals surface area contributed by atoms with Crippen LogP contribution in [-0.2, 0) is 20.8 Å². The predicted octanol–water partition coefficient (Wildman–Crippen LogP) is 2.23. The molecule has 1 aliphatic carbocycles. The molecule has 2 saturated heterocycles. The largest absolute Gasteiger partial charge is 0.417 e. The number of rotatable bonds is 5. The third-order valence-corrected chi connectivity index (χ3v) is 8.49. The number of alkyl halides is 5. The average Bonchev–Trinajstić information content (AvgIpc) is 3.15. The van der Waals surface area contributed by atoms with Gasteiger partial charge in [-0.1, -0.05) is 0 Å². The van der Waals surface area contributed by atoms with E-state index in [1.54, 1.807) is 0 Å².